The first-order valence-corrected chi connectivity index (χ1v) is 11.3. The quantitative estimate of drug-likeness (QED) is 0.288. The van der Waals surface area contributed by atoms with Gasteiger partial charge in [0.1, 0.15) is 18.2 Å². The molecule has 0 heterocycles. The van der Waals surface area contributed by atoms with Crippen molar-refractivity contribution in [2.24, 2.45) is 0 Å². The Hall–Kier alpha value is -3.75. The van der Waals surface area contributed by atoms with Gasteiger partial charge in [0.15, 0.2) is 11.5 Å². The number of amides is 1. The zero-order valence-corrected chi connectivity index (χ0v) is 20.5. The van der Waals surface area contributed by atoms with Crippen molar-refractivity contribution in [3.05, 3.63) is 93.0 Å². The largest absolute Gasteiger partial charge is 0.490 e. The molecule has 3 aromatic carbocycles. The van der Waals surface area contributed by atoms with E-state index < -0.39 is 5.91 Å². The molecule has 1 N–H and O–H groups in total. The van der Waals surface area contributed by atoms with Gasteiger partial charge in [-0.3, -0.25) is 4.79 Å². The van der Waals surface area contributed by atoms with Gasteiger partial charge in [-0.25, -0.2) is 0 Å². The molecule has 0 saturated heterocycles. The van der Waals surface area contributed by atoms with Crippen LogP contribution in [0.3, 0.4) is 0 Å². The van der Waals surface area contributed by atoms with Gasteiger partial charge in [0.05, 0.1) is 11.6 Å². The fourth-order valence-electron chi connectivity index (χ4n) is 3.62. The molecule has 5 nitrogen and oxygen atoms in total. The summed E-state index contributed by atoms with van der Waals surface area (Å²) in [6.45, 7) is 8.61. The van der Waals surface area contributed by atoms with Crippen LogP contribution < -0.4 is 14.8 Å². The standard InChI is InChI=1S/C28H27ClN2O3/c1-5-33-26-15-21(13-23(16-30)28(32)31-24-8-6-7-18(2)12-24)14-25(29)27(26)34-17-22-10-19(3)9-20(4)11-22/h6-15H,5,17H2,1-4H3,(H,31,32)/b23-13+. The summed E-state index contributed by atoms with van der Waals surface area (Å²) in [5.74, 6) is 0.363. The molecule has 0 bridgehead atoms. The summed E-state index contributed by atoms with van der Waals surface area (Å²) >= 11 is 6.53. The lowest BCUT2D eigenvalue weighted by Crippen LogP contribution is -2.13. The highest BCUT2D eigenvalue weighted by atomic mass is 35.5. The van der Waals surface area contributed by atoms with Crippen LogP contribution in [0.5, 0.6) is 11.5 Å². The van der Waals surface area contributed by atoms with Gasteiger partial charge in [0.25, 0.3) is 5.91 Å². The number of carbonyl (C=O) groups excluding carboxylic acids is 1. The smallest absolute Gasteiger partial charge is 0.266 e. The number of halogens is 1. The van der Waals surface area contributed by atoms with Crippen LogP contribution in [0.1, 0.15) is 34.7 Å². The van der Waals surface area contributed by atoms with E-state index in [1.165, 1.54) is 6.08 Å². The van der Waals surface area contributed by atoms with Crippen LogP contribution in [0.15, 0.2) is 60.2 Å². The van der Waals surface area contributed by atoms with Gasteiger partial charge in [-0.2, -0.15) is 5.26 Å². The molecule has 0 aromatic heterocycles. The molecule has 0 aliphatic heterocycles. The molecule has 3 aromatic rings. The van der Waals surface area contributed by atoms with E-state index in [9.17, 15) is 10.1 Å². The van der Waals surface area contributed by atoms with Gasteiger partial charge in [0, 0.05) is 5.69 Å². The number of nitrogens with one attached hydrogen (secondary N) is 1. The third-order valence-electron chi connectivity index (χ3n) is 4.95. The summed E-state index contributed by atoms with van der Waals surface area (Å²) in [6, 6.07) is 18.9. The summed E-state index contributed by atoms with van der Waals surface area (Å²) in [5, 5.41) is 12.7. The number of rotatable bonds is 8. The second kappa shape index (κ2) is 11.4. The fourth-order valence-corrected chi connectivity index (χ4v) is 3.89. The van der Waals surface area contributed by atoms with Crippen molar-refractivity contribution in [1.82, 2.24) is 0 Å². The number of nitrogens with zero attached hydrogens (tertiary/aromatic N) is 1. The van der Waals surface area contributed by atoms with Crippen molar-refractivity contribution in [2.75, 3.05) is 11.9 Å². The van der Waals surface area contributed by atoms with E-state index >= 15 is 0 Å². The minimum atomic E-state index is -0.502. The fraction of sp³-hybridized carbons (Fsp3) is 0.214. The maximum absolute atomic E-state index is 12.6. The van der Waals surface area contributed by atoms with E-state index in [-0.39, 0.29) is 5.57 Å². The van der Waals surface area contributed by atoms with E-state index in [2.05, 4.69) is 23.5 Å². The van der Waals surface area contributed by atoms with E-state index in [0.29, 0.717) is 41.0 Å². The van der Waals surface area contributed by atoms with Gasteiger partial charge < -0.3 is 14.8 Å². The molecule has 0 radical (unpaired) electrons. The first-order chi connectivity index (χ1) is 16.3. The Morgan fingerprint density at radius 2 is 1.76 bits per heavy atom. The highest BCUT2D eigenvalue weighted by Crippen LogP contribution is 2.38. The summed E-state index contributed by atoms with van der Waals surface area (Å²) in [7, 11) is 0. The van der Waals surface area contributed by atoms with E-state index in [1.807, 2.05) is 52.0 Å². The lowest BCUT2D eigenvalue weighted by atomic mass is 10.1. The van der Waals surface area contributed by atoms with Crippen LogP contribution in [0.2, 0.25) is 5.02 Å². The first-order valence-electron chi connectivity index (χ1n) is 10.9. The van der Waals surface area contributed by atoms with Crippen molar-refractivity contribution in [3.63, 3.8) is 0 Å². The SMILES string of the molecule is CCOc1cc(/C=C(\C#N)C(=O)Nc2cccc(C)c2)cc(Cl)c1OCc1cc(C)cc(C)c1. The van der Waals surface area contributed by atoms with Crippen LogP contribution in [-0.2, 0) is 11.4 Å². The van der Waals surface area contributed by atoms with Crippen molar-refractivity contribution in [3.8, 4) is 17.6 Å². The lowest BCUT2D eigenvalue weighted by molar-refractivity contribution is -0.112. The summed E-state index contributed by atoms with van der Waals surface area (Å²) < 4.78 is 11.8. The predicted molar refractivity (Wildman–Crippen MR) is 136 cm³/mol. The normalized spacial score (nSPS) is 11.0. The number of aryl methyl sites for hydroxylation is 3. The molecule has 0 fully saturated rings. The summed E-state index contributed by atoms with van der Waals surface area (Å²) in [6.07, 6.45) is 1.48. The summed E-state index contributed by atoms with van der Waals surface area (Å²) in [5.41, 5.74) is 5.47. The molecule has 174 valence electrons. The van der Waals surface area contributed by atoms with E-state index in [0.717, 1.165) is 22.3 Å². The highest BCUT2D eigenvalue weighted by molar-refractivity contribution is 6.32. The average Bonchev–Trinajstić information content (AvgIpc) is 2.76. The molecule has 0 aliphatic rings. The minimum Gasteiger partial charge on any atom is -0.490 e. The van der Waals surface area contributed by atoms with Gasteiger partial charge in [-0.05, 0) is 74.7 Å². The first kappa shape index (κ1) is 24.9. The van der Waals surface area contributed by atoms with Gasteiger partial charge in [-0.15, -0.1) is 0 Å². The molecular formula is C28H27ClN2O3. The molecule has 0 aliphatic carbocycles. The molecule has 0 spiro atoms. The monoisotopic (exact) mass is 474 g/mol. The number of hydrogen-bond donors (Lipinski definition) is 1. The Labute approximate surface area is 205 Å². The predicted octanol–water partition coefficient (Wildman–Crippen LogP) is 6.79. The number of benzene rings is 3. The zero-order valence-electron chi connectivity index (χ0n) is 19.7. The topological polar surface area (TPSA) is 71.3 Å². The molecule has 0 saturated carbocycles. The second-order valence-corrected chi connectivity index (χ2v) is 8.45. The lowest BCUT2D eigenvalue weighted by Gasteiger charge is -2.15. The Bertz CT molecular complexity index is 1250. The van der Waals surface area contributed by atoms with E-state index in [1.54, 1.807) is 18.2 Å². The molecule has 6 heteroatoms. The number of ether oxygens (including phenoxy) is 2. The van der Waals surface area contributed by atoms with Crippen molar-refractivity contribution in [1.29, 1.82) is 5.26 Å². The molecule has 34 heavy (non-hydrogen) atoms. The van der Waals surface area contributed by atoms with Gasteiger partial charge in [-0.1, -0.05) is 53.1 Å². The van der Waals surface area contributed by atoms with Gasteiger partial charge >= 0.3 is 0 Å². The minimum absolute atomic E-state index is 0.0519. The third-order valence-corrected chi connectivity index (χ3v) is 5.23. The zero-order chi connectivity index (χ0) is 24.7. The highest BCUT2D eigenvalue weighted by Gasteiger charge is 2.15. The maximum Gasteiger partial charge on any atom is 0.266 e. The Morgan fingerprint density at radius 1 is 1.03 bits per heavy atom. The Kier molecular flexibility index (Phi) is 8.34. The van der Waals surface area contributed by atoms with Crippen LogP contribution in [0.4, 0.5) is 5.69 Å². The van der Waals surface area contributed by atoms with Crippen LogP contribution >= 0.6 is 11.6 Å². The number of hydrogen-bond acceptors (Lipinski definition) is 4. The molecular weight excluding hydrogens is 448 g/mol. The van der Waals surface area contributed by atoms with Crippen LogP contribution in [0, 0.1) is 32.1 Å². The Balaban J connectivity index is 1.86. The van der Waals surface area contributed by atoms with Crippen molar-refractivity contribution >= 4 is 29.3 Å². The molecule has 1 amide bonds. The van der Waals surface area contributed by atoms with Crippen molar-refractivity contribution in [2.45, 2.75) is 34.3 Å². The average molecular weight is 475 g/mol. The number of nitriles is 1. The second-order valence-electron chi connectivity index (χ2n) is 8.04. The molecule has 0 unspecified atom stereocenters. The molecule has 3 rings (SSSR count). The number of anilines is 1. The Morgan fingerprint density at radius 3 is 2.41 bits per heavy atom. The third kappa shape index (κ3) is 6.63. The number of carbonyl (C=O) groups is 1. The van der Waals surface area contributed by atoms with Crippen LogP contribution in [-0.4, -0.2) is 12.5 Å². The molecule has 0 atom stereocenters. The van der Waals surface area contributed by atoms with E-state index in [4.69, 9.17) is 21.1 Å². The van der Waals surface area contributed by atoms with Gasteiger partial charge in [0.2, 0.25) is 0 Å². The van der Waals surface area contributed by atoms with Crippen LogP contribution in [0.25, 0.3) is 6.08 Å². The van der Waals surface area contributed by atoms with Crippen molar-refractivity contribution < 1.29 is 14.3 Å². The summed E-state index contributed by atoms with van der Waals surface area (Å²) in [4.78, 5) is 12.6. The maximum atomic E-state index is 12.6.